The van der Waals surface area contributed by atoms with Gasteiger partial charge in [-0.1, -0.05) is 26.0 Å². The molecule has 1 aliphatic heterocycles. The number of hydrogen-bond acceptors (Lipinski definition) is 3. The summed E-state index contributed by atoms with van der Waals surface area (Å²) < 4.78 is 13.2. The summed E-state index contributed by atoms with van der Waals surface area (Å²) >= 11 is 0. The van der Waals surface area contributed by atoms with Crippen LogP contribution in [0.2, 0.25) is 0 Å². The highest BCUT2D eigenvalue weighted by molar-refractivity contribution is 5.76. The summed E-state index contributed by atoms with van der Waals surface area (Å²) in [6.45, 7) is 7.38. The molecule has 2 atom stereocenters. The van der Waals surface area contributed by atoms with Crippen LogP contribution in [0.3, 0.4) is 0 Å². The van der Waals surface area contributed by atoms with E-state index in [4.69, 9.17) is 0 Å². The van der Waals surface area contributed by atoms with Gasteiger partial charge in [-0.15, -0.1) is 0 Å². The number of rotatable bonds is 7. The van der Waals surface area contributed by atoms with Gasteiger partial charge in [0.1, 0.15) is 5.82 Å². The largest absolute Gasteiger partial charge is 0.395 e. The number of piperazine rings is 1. The second-order valence-corrected chi connectivity index (χ2v) is 6.80. The lowest BCUT2D eigenvalue weighted by molar-refractivity contribution is -0.134. The smallest absolute Gasteiger partial charge is 0.222 e. The third-order valence-electron chi connectivity index (χ3n) is 4.86. The third kappa shape index (κ3) is 5.28. The standard InChI is InChI=1S/C19H29FN2O2/c1-3-18(14-23)21-7-9-22(10-8-21)19(24)12-15(2)11-16-5-4-6-17(20)13-16/h4-6,13,15,18,23H,3,7-12,14H2,1-2H3. The van der Waals surface area contributed by atoms with Gasteiger partial charge in [-0.25, -0.2) is 4.39 Å². The maximum atomic E-state index is 13.2. The van der Waals surface area contributed by atoms with Gasteiger partial charge < -0.3 is 10.0 Å². The number of hydrogen-bond donors (Lipinski definition) is 1. The normalized spacial score (nSPS) is 18.4. The zero-order chi connectivity index (χ0) is 17.5. The van der Waals surface area contributed by atoms with Crippen LogP contribution in [0.5, 0.6) is 0 Å². The van der Waals surface area contributed by atoms with Crippen molar-refractivity contribution in [1.82, 2.24) is 9.80 Å². The van der Waals surface area contributed by atoms with E-state index in [1.807, 2.05) is 17.9 Å². The number of carbonyl (C=O) groups excluding carboxylic acids is 1. The van der Waals surface area contributed by atoms with Crippen molar-refractivity contribution in [3.63, 3.8) is 0 Å². The molecule has 1 saturated heterocycles. The molecule has 1 amide bonds. The lowest BCUT2D eigenvalue weighted by Gasteiger charge is -2.38. The van der Waals surface area contributed by atoms with E-state index in [1.54, 1.807) is 12.1 Å². The molecule has 5 heteroatoms. The van der Waals surface area contributed by atoms with Crippen LogP contribution in [0.1, 0.15) is 32.3 Å². The summed E-state index contributed by atoms with van der Waals surface area (Å²) in [5.74, 6) is 0.144. The Morgan fingerprint density at radius 2 is 2.00 bits per heavy atom. The second-order valence-electron chi connectivity index (χ2n) is 6.80. The summed E-state index contributed by atoms with van der Waals surface area (Å²) in [7, 11) is 0. The van der Waals surface area contributed by atoms with Crippen molar-refractivity contribution in [2.24, 2.45) is 5.92 Å². The van der Waals surface area contributed by atoms with Gasteiger partial charge in [0.05, 0.1) is 6.61 Å². The van der Waals surface area contributed by atoms with Gasteiger partial charge in [-0.05, 0) is 36.5 Å². The number of halogens is 1. The molecule has 24 heavy (non-hydrogen) atoms. The molecule has 1 aliphatic rings. The first-order valence-corrected chi connectivity index (χ1v) is 8.90. The van der Waals surface area contributed by atoms with Crippen molar-refractivity contribution < 1.29 is 14.3 Å². The maximum Gasteiger partial charge on any atom is 0.222 e. The lowest BCUT2D eigenvalue weighted by Crippen LogP contribution is -2.52. The van der Waals surface area contributed by atoms with Crippen molar-refractivity contribution in [2.75, 3.05) is 32.8 Å². The summed E-state index contributed by atoms with van der Waals surface area (Å²) in [5.41, 5.74) is 0.939. The minimum Gasteiger partial charge on any atom is -0.395 e. The zero-order valence-electron chi connectivity index (χ0n) is 14.7. The highest BCUT2D eigenvalue weighted by Crippen LogP contribution is 2.16. The molecule has 0 bridgehead atoms. The minimum atomic E-state index is -0.225. The Morgan fingerprint density at radius 3 is 2.58 bits per heavy atom. The van der Waals surface area contributed by atoms with Crippen LogP contribution in [0.15, 0.2) is 24.3 Å². The minimum absolute atomic E-state index is 0.176. The number of aliphatic hydroxyl groups excluding tert-OH is 1. The average molecular weight is 336 g/mol. The molecule has 2 unspecified atom stereocenters. The fraction of sp³-hybridized carbons (Fsp3) is 0.632. The Balaban J connectivity index is 1.78. The van der Waals surface area contributed by atoms with Crippen LogP contribution in [-0.4, -0.2) is 59.6 Å². The highest BCUT2D eigenvalue weighted by atomic mass is 19.1. The fourth-order valence-electron chi connectivity index (χ4n) is 3.40. The SMILES string of the molecule is CCC(CO)N1CCN(C(=O)CC(C)Cc2cccc(F)c2)CC1. The van der Waals surface area contributed by atoms with Gasteiger partial charge in [0.25, 0.3) is 0 Å². The molecule has 1 aromatic rings. The Bertz CT molecular complexity index is 526. The van der Waals surface area contributed by atoms with E-state index in [2.05, 4.69) is 11.8 Å². The van der Waals surface area contributed by atoms with Crippen molar-refractivity contribution in [3.8, 4) is 0 Å². The van der Waals surface area contributed by atoms with Gasteiger partial charge in [0.2, 0.25) is 5.91 Å². The van der Waals surface area contributed by atoms with Gasteiger partial charge in [-0.3, -0.25) is 9.69 Å². The molecule has 0 aliphatic carbocycles. The van der Waals surface area contributed by atoms with Crippen LogP contribution in [0.4, 0.5) is 4.39 Å². The zero-order valence-corrected chi connectivity index (χ0v) is 14.7. The Morgan fingerprint density at radius 1 is 1.29 bits per heavy atom. The van der Waals surface area contributed by atoms with Crippen molar-refractivity contribution in [3.05, 3.63) is 35.6 Å². The first kappa shape index (κ1) is 18.9. The molecule has 0 aromatic heterocycles. The summed E-state index contributed by atoms with van der Waals surface area (Å²) in [6, 6.07) is 6.80. The molecule has 2 rings (SSSR count). The third-order valence-corrected chi connectivity index (χ3v) is 4.86. The van der Waals surface area contributed by atoms with E-state index in [9.17, 15) is 14.3 Å². The average Bonchev–Trinajstić information content (AvgIpc) is 2.56. The fourth-order valence-corrected chi connectivity index (χ4v) is 3.40. The molecule has 1 heterocycles. The van der Waals surface area contributed by atoms with E-state index < -0.39 is 0 Å². The molecule has 4 nitrogen and oxygen atoms in total. The van der Waals surface area contributed by atoms with E-state index >= 15 is 0 Å². The van der Waals surface area contributed by atoms with Crippen molar-refractivity contribution in [2.45, 2.75) is 39.2 Å². The molecular formula is C19H29FN2O2. The number of carbonyl (C=O) groups is 1. The van der Waals surface area contributed by atoms with Crippen LogP contribution in [-0.2, 0) is 11.2 Å². The molecule has 0 spiro atoms. The van der Waals surface area contributed by atoms with Gasteiger partial charge in [0.15, 0.2) is 0 Å². The monoisotopic (exact) mass is 336 g/mol. The Kier molecular flexibility index (Phi) is 7.18. The summed E-state index contributed by atoms with van der Waals surface area (Å²) in [5, 5.41) is 9.38. The maximum absolute atomic E-state index is 13.2. The first-order chi connectivity index (χ1) is 11.5. The van der Waals surface area contributed by atoms with E-state index in [0.29, 0.717) is 12.8 Å². The number of aliphatic hydroxyl groups is 1. The molecular weight excluding hydrogens is 307 g/mol. The molecule has 1 N–H and O–H groups in total. The number of amides is 1. The van der Waals surface area contributed by atoms with Gasteiger partial charge in [-0.2, -0.15) is 0 Å². The summed E-state index contributed by atoms with van der Waals surface area (Å²) in [4.78, 5) is 16.6. The van der Waals surface area contributed by atoms with E-state index in [1.165, 1.54) is 6.07 Å². The van der Waals surface area contributed by atoms with E-state index in [0.717, 1.165) is 38.2 Å². The molecule has 0 saturated carbocycles. The molecule has 1 fully saturated rings. The van der Waals surface area contributed by atoms with Crippen LogP contribution in [0.25, 0.3) is 0 Å². The molecule has 134 valence electrons. The van der Waals surface area contributed by atoms with Gasteiger partial charge in [0, 0.05) is 38.6 Å². The molecule has 0 radical (unpaired) electrons. The number of nitrogens with zero attached hydrogens (tertiary/aromatic N) is 2. The predicted molar refractivity (Wildman–Crippen MR) is 93.2 cm³/mol. The van der Waals surface area contributed by atoms with Crippen LogP contribution < -0.4 is 0 Å². The number of benzene rings is 1. The van der Waals surface area contributed by atoms with Crippen LogP contribution in [0, 0.1) is 11.7 Å². The quantitative estimate of drug-likeness (QED) is 0.831. The van der Waals surface area contributed by atoms with Gasteiger partial charge >= 0.3 is 0 Å². The van der Waals surface area contributed by atoms with Crippen LogP contribution >= 0.6 is 0 Å². The van der Waals surface area contributed by atoms with Crippen molar-refractivity contribution in [1.29, 1.82) is 0 Å². The second kappa shape index (κ2) is 9.14. The Hall–Kier alpha value is -1.46. The summed E-state index contributed by atoms with van der Waals surface area (Å²) in [6.07, 6.45) is 2.13. The molecule has 1 aromatic carbocycles. The Labute approximate surface area is 144 Å². The predicted octanol–water partition coefficient (Wildman–Crippen LogP) is 2.31. The van der Waals surface area contributed by atoms with E-state index in [-0.39, 0.29) is 30.3 Å². The highest BCUT2D eigenvalue weighted by Gasteiger charge is 2.25. The first-order valence-electron chi connectivity index (χ1n) is 8.90. The lowest BCUT2D eigenvalue weighted by atomic mass is 9.97. The van der Waals surface area contributed by atoms with Crippen molar-refractivity contribution >= 4 is 5.91 Å². The topological polar surface area (TPSA) is 43.8 Å².